The molecule has 0 spiro atoms. The van der Waals surface area contributed by atoms with Gasteiger partial charge < -0.3 is 11.1 Å². The lowest BCUT2D eigenvalue weighted by molar-refractivity contribution is 0.102. The molecule has 0 fully saturated rings. The first-order valence-corrected chi connectivity index (χ1v) is 6.25. The number of carbonyl (C=O) groups is 1. The van der Waals surface area contributed by atoms with E-state index in [0.717, 1.165) is 24.3 Å². The minimum absolute atomic E-state index is 0.0672. The number of nitrogen functional groups attached to an aromatic ring is 1. The van der Waals surface area contributed by atoms with Crippen LogP contribution in [0.15, 0.2) is 24.3 Å². The average molecular weight is 335 g/mol. The molecule has 110 valence electrons. The summed E-state index contributed by atoms with van der Waals surface area (Å²) in [6.07, 6.45) is 0. The monoisotopic (exact) mass is 334 g/mol. The number of rotatable bonds is 2. The first-order chi connectivity index (χ1) is 9.79. The van der Waals surface area contributed by atoms with Gasteiger partial charge in [0.15, 0.2) is 0 Å². The fourth-order valence-electron chi connectivity index (χ4n) is 1.56. The Kier molecular flexibility index (Phi) is 4.29. The van der Waals surface area contributed by atoms with Gasteiger partial charge in [-0.15, -0.1) is 0 Å². The van der Waals surface area contributed by atoms with Gasteiger partial charge in [0.25, 0.3) is 5.91 Å². The Balaban J connectivity index is 2.35. The van der Waals surface area contributed by atoms with E-state index < -0.39 is 29.0 Å². The van der Waals surface area contributed by atoms with Crippen LogP contribution in [0.1, 0.15) is 10.4 Å². The number of hydrogen-bond acceptors (Lipinski definition) is 2. The van der Waals surface area contributed by atoms with Gasteiger partial charge in [-0.25, -0.2) is 13.2 Å². The van der Waals surface area contributed by atoms with Gasteiger partial charge in [0.2, 0.25) is 0 Å². The summed E-state index contributed by atoms with van der Waals surface area (Å²) >= 11 is 11.5. The molecule has 0 radical (unpaired) electrons. The van der Waals surface area contributed by atoms with Crippen LogP contribution in [-0.4, -0.2) is 5.91 Å². The second-order valence-corrected chi connectivity index (χ2v) is 4.87. The van der Waals surface area contributed by atoms with Gasteiger partial charge in [0.1, 0.15) is 23.1 Å². The van der Waals surface area contributed by atoms with E-state index >= 15 is 0 Å². The van der Waals surface area contributed by atoms with Crippen molar-refractivity contribution < 1.29 is 18.0 Å². The summed E-state index contributed by atoms with van der Waals surface area (Å²) in [6, 6.07) is 3.40. The van der Waals surface area contributed by atoms with Crippen LogP contribution in [0.4, 0.5) is 24.5 Å². The Labute approximate surface area is 127 Å². The van der Waals surface area contributed by atoms with Gasteiger partial charge in [-0.1, -0.05) is 23.2 Å². The molecule has 21 heavy (non-hydrogen) atoms. The molecule has 0 unspecified atom stereocenters. The first-order valence-electron chi connectivity index (χ1n) is 5.50. The van der Waals surface area contributed by atoms with Crippen LogP contribution in [0.3, 0.4) is 0 Å². The smallest absolute Gasteiger partial charge is 0.255 e. The topological polar surface area (TPSA) is 55.1 Å². The van der Waals surface area contributed by atoms with Crippen molar-refractivity contribution in [3.8, 4) is 0 Å². The molecule has 0 bridgehead atoms. The van der Waals surface area contributed by atoms with Crippen LogP contribution in [0.5, 0.6) is 0 Å². The third kappa shape index (κ3) is 3.22. The zero-order valence-corrected chi connectivity index (χ0v) is 11.7. The van der Waals surface area contributed by atoms with E-state index in [1.165, 1.54) is 0 Å². The SMILES string of the molecule is Nc1c(F)cc(C(=O)Nc2c(Cl)cc(F)cc2Cl)cc1F. The van der Waals surface area contributed by atoms with Crippen LogP contribution >= 0.6 is 23.2 Å². The highest BCUT2D eigenvalue weighted by Crippen LogP contribution is 2.32. The van der Waals surface area contributed by atoms with Crippen LogP contribution in [0.2, 0.25) is 10.0 Å². The van der Waals surface area contributed by atoms with Gasteiger partial charge in [-0.2, -0.15) is 0 Å². The molecule has 3 N–H and O–H groups in total. The van der Waals surface area contributed by atoms with Gasteiger partial charge in [-0.05, 0) is 24.3 Å². The predicted octanol–water partition coefficient (Wildman–Crippen LogP) is 4.25. The third-order valence-corrected chi connectivity index (χ3v) is 3.18. The molecule has 8 heteroatoms. The third-order valence-electron chi connectivity index (χ3n) is 2.59. The maximum Gasteiger partial charge on any atom is 0.255 e. The molecule has 0 saturated heterocycles. The molecule has 2 aromatic carbocycles. The molecule has 0 saturated carbocycles. The highest BCUT2D eigenvalue weighted by molar-refractivity contribution is 6.40. The molecule has 0 aliphatic rings. The van der Waals surface area contributed by atoms with Gasteiger partial charge >= 0.3 is 0 Å². The summed E-state index contributed by atoms with van der Waals surface area (Å²) in [6.45, 7) is 0. The number of benzene rings is 2. The molecule has 3 nitrogen and oxygen atoms in total. The molecular weight excluding hydrogens is 328 g/mol. The maximum atomic E-state index is 13.3. The number of amides is 1. The quantitative estimate of drug-likeness (QED) is 0.807. The lowest BCUT2D eigenvalue weighted by atomic mass is 10.1. The Morgan fingerprint density at radius 1 is 1.00 bits per heavy atom. The van der Waals surface area contributed by atoms with Gasteiger partial charge in [-0.3, -0.25) is 4.79 Å². The Hall–Kier alpha value is -1.92. The largest absolute Gasteiger partial charge is 0.394 e. The fourth-order valence-corrected chi connectivity index (χ4v) is 2.12. The van der Waals surface area contributed by atoms with E-state index in [1.54, 1.807) is 0 Å². The van der Waals surface area contributed by atoms with Crippen LogP contribution in [0.25, 0.3) is 0 Å². The fraction of sp³-hybridized carbons (Fsp3) is 0. The lowest BCUT2D eigenvalue weighted by Crippen LogP contribution is -2.14. The van der Waals surface area contributed by atoms with Gasteiger partial charge in [0, 0.05) is 5.56 Å². The lowest BCUT2D eigenvalue weighted by Gasteiger charge is -2.10. The molecule has 1 amide bonds. The second-order valence-electron chi connectivity index (χ2n) is 4.05. The molecule has 0 atom stereocenters. The van der Waals surface area contributed by atoms with E-state index in [2.05, 4.69) is 5.32 Å². The second kappa shape index (κ2) is 5.83. The Morgan fingerprint density at radius 3 is 1.95 bits per heavy atom. The highest BCUT2D eigenvalue weighted by atomic mass is 35.5. The van der Waals surface area contributed by atoms with Gasteiger partial charge in [0.05, 0.1) is 15.7 Å². The van der Waals surface area contributed by atoms with Crippen molar-refractivity contribution in [2.45, 2.75) is 0 Å². The maximum absolute atomic E-state index is 13.3. The summed E-state index contributed by atoms with van der Waals surface area (Å²) in [4.78, 5) is 11.9. The normalized spacial score (nSPS) is 10.5. The van der Waals surface area contributed by atoms with Crippen LogP contribution < -0.4 is 11.1 Å². The van der Waals surface area contributed by atoms with Crippen molar-refractivity contribution in [2.75, 3.05) is 11.1 Å². The average Bonchev–Trinajstić information content (AvgIpc) is 2.39. The standard InChI is InChI=1S/C13H7Cl2F3N2O/c14-7-3-6(16)4-8(15)12(7)20-13(21)5-1-9(17)11(19)10(18)2-5/h1-4H,19H2,(H,20,21). The number of nitrogens with two attached hydrogens (primary N) is 1. The molecule has 2 aromatic rings. The zero-order valence-electron chi connectivity index (χ0n) is 10.2. The minimum Gasteiger partial charge on any atom is -0.394 e. The van der Waals surface area contributed by atoms with Crippen LogP contribution in [0, 0.1) is 17.5 Å². The Bertz CT molecular complexity index is 691. The van der Waals surface area contributed by atoms with E-state index in [0.29, 0.717) is 0 Å². The molecule has 0 aromatic heterocycles. The van der Waals surface area contributed by atoms with Crippen molar-refractivity contribution in [1.29, 1.82) is 0 Å². The van der Waals surface area contributed by atoms with Crippen LogP contribution in [-0.2, 0) is 0 Å². The molecule has 0 aliphatic heterocycles. The summed E-state index contributed by atoms with van der Waals surface area (Å²) in [7, 11) is 0. The Morgan fingerprint density at radius 2 is 1.48 bits per heavy atom. The zero-order chi connectivity index (χ0) is 15.7. The number of carbonyl (C=O) groups excluding carboxylic acids is 1. The molecule has 2 rings (SSSR count). The van der Waals surface area contributed by atoms with E-state index in [9.17, 15) is 18.0 Å². The summed E-state index contributed by atoms with van der Waals surface area (Å²) in [5.41, 5.74) is 4.02. The molecule has 0 heterocycles. The van der Waals surface area contributed by atoms with E-state index in [4.69, 9.17) is 28.9 Å². The van der Waals surface area contributed by atoms with Crippen molar-refractivity contribution in [2.24, 2.45) is 0 Å². The number of nitrogens with one attached hydrogen (secondary N) is 1. The predicted molar refractivity (Wildman–Crippen MR) is 75.1 cm³/mol. The first kappa shape index (κ1) is 15.5. The minimum atomic E-state index is -1.07. The summed E-state index contributed by atoms with van der Waals surface area (Å²) < 4.78 is 39.6. The number of hydrogen-bond donors (Lipinski definition) is 2. The number of anilines is 2. The van der Waals surface area contributed by atoms with E-state index in [1.807, 2.05) is 0 Å². The summed E-state index contributed by atoms with van der Waals surface area (Å²) in [5, 5.41) is 1.96. The van der Waals surface area contributed by atoms with Crippen molar-refractivity contribution in [3.63, 3.8) is 0 Å². The van der Waals surface area contributed by atoms with Crippen molar-refractivity contribution >= 4 is 40.5 Å². The molecular formula is C13H7Cl2F3N2O. The van der Waals surface area contributed by atoms with Crippen molar-refractivity contribution in [1.82, 2.24) is 0 Å². The highest BCUT2D eigenvalue weighted by Gasteiger charge is 2.16. The van der Waals surface area contributed by atoms with E-state index in [-0.39, 0.29) is 21.3 Å². The molecule has 0 aliphatic carbocycles. The van der Waals surface area contributed by atoms with Crippen molar-refractivity contribution in [3.05, 3.63) is 57.3 Å². The number of halogens is 5. The summed E-state index contributed by atoms with van der Waals surface area (Å²) in [5.74, 6) is -3.70.